The van der Waals surface area contributed by atoms with Gasteiger partial charge in [-0.25, -0.2) is 4.98 Å². The van der Waals surface area contributed by atoms with Gasteiger partial charge in [-0.05, 0) is 32.9 Å². The lowest BCUT2D eigenvalue weighted by Gasteiger charge is -2.34. The summed E-state index contributed by atoms with van der Waals surface area (Å²) in [7, 11) is -2.64. The van der Waals surface area contributed by atoms with E-state index in [1.807, 2.05) is 45.9 Å². The van der Waals surface area contributed by atoms with Crippen LogP contribution < -0.4 is 5.19 Å². The second-order valence-electron chi connectivity index (χ2n) is 5.55. The van der Waals surface area contributed by atoms with Crippen LogP contribution in [0.2, 0.25) is 0 Å². The average Bonchev–Trinajstić information content (AvgIpc) is 2.90. The summed E-state index contributed by atoms with van der Waals surface area (Å²) in [6.07, 6.45) is 4.00. The first-order valence-corrected chi connectivity index (χ1v) is 9.28. The van der Waals surface area contributed by atoms with E-state index >= 15 is 0 Å². The summed E-state index contributed by atoms with van der Waals surface area (Å²) < 4.78 is 14.5. The third kappa shape index (κ3) is 4.23. The topological polar surface area (TPSA) is 49.2 Å². The minimum absolute atomic E-state index is 0.0825. The summed E-state index contributed by atoms with van der Waals surface area (Å²) >= 11 is 0. The Morgan fingerprint density at radius 2 is 1.67 bits per heavy atom. The molecule has 114 valence electrons. The van der Waals surface area contributed by atoms with Gasteiger partial charge in [0.05, 0.1) is 6.17 Å². The third-order valence-corrected chi connectivity index (χ3v) is 6.56. The van der Waals surface area contributed by atoms with Gasteiger partial charge in [0, 0.05) is 12.2 Å². The summed E-state index contributed by atoms with van der Waals surface area (Å²) in [5, 5.41) is 5.34. The maximum Gasteiger partial charge on any atom is 0.395 e. The minimum atomic E-state index is -2.64. The van der Waals surface area contributed by atoms with Gasteiger partial charge < -0.3 is 8.85 Å². The van der Waals surface area contributed by atoms with E-state index in [0.29, 0.717) is 6.17 Å². The Hall–Kier alpha value is -1.50. The predicted molar refractivity (Wildman–Crippen MR) is 84.3 cm³/mol. The van der Waals surface area contributed by atoms with E-state index in [0.717, 1.165) is 5.19 Å². The van der Waals surface area contributed by atoms with Crippen LogP contribution in [0.4, 0.5) is 0 Å². The molecule has 2 rings (SSSR count). The van der Waals surface area contributed by atoms with Crippen LogP contribution in [0, 0.1) is 0 Å². The van der Waals surface area contributed by atoms with E-state index in [-0.39, 0.29) is 12.2 Å². The molecule has 0 bridgehead atoms. The Labute approximate surface area is 127 Å². The van der Waals surface area contributed by atoms with Gasteiger partial charge >= 0.3 is 8.56 Å². The van der Waals surface area contributed by atoms with Crippen molar-refractivity contribution in [3.63, 3.8) is 0 Å². The molecule has 0 fully saturated rings. The molecular formula is C15H23N3O2Si. The van der Waals surface area contributed by atoms with Gasteiger partial charge in [-0.1, -0.05) is 30.3 Å². The molecule has 0 saturated heterocycles. The Balaban J connectivity index is 2.42. The van der Waals surface area contributed by atoms with E-state index in [2.05, 4.69) is 22.2 Å². The van der Waals surface area contributed by atoms with E-state index < -0.39 is 8.56 Å². The normalized spacial score (nSPS) is 12.3. The predicted octanol–water partition coefficient (Wildman–Crippen LogP) is 2.02. The summed E-state index contributed by atoms with van der Waals surface area (Å²) in [5.41, 5.74) is 0. The summed E-state index contributed by atoms with van der Waals surface area (Å²) in [6, 6.07) is 10.2. The number of benzene rings is 1. The van der Waals surface area contributed by atoms with Crippen molar-refractivity contribution in [1.29, 1.82) is 0 Å². The first kappa shape index (κ1) is 15.9. The van der Waals surface area contributed by atoms with E-state index in [1.54, 1.807) is 11.0 Å². The molecule has 1 aromatic carbocycles. The smallest absolute Gasteiger partial charge is 0.387 e. The van der Waals surface area contributed by atoms with Crippen molar-refractivity contribution in [3.05, 3.63) is 43.0 Å². The van der Waals surface area contributed by atoms with Crippen molar-refractivity contribution in [2.75, 3.05) is 0 Å². The molecule has 0 unspecified atom stereocenters. The first-order chi connectivity index (χ1) is 10.0. The molecule has 0 saturated carbocycles. The quantitative estimate of drug-likeness (QED) is 0.734. The Morgan fingerprint density at radius 1 is 1.05 bits per heavy atom. The van der Waals surface area contributed by atoms with Crippen molar-refractivity contribution in [2.45, 2.75) is 46.1 Å². The SMILES string of the molecule is CC(C)O[Si](Cn1cncn1)(OC(C)C)c1ccccc1. The standard InChI is InChI=1S/C15H23N3O2Si/c1-13(2)19-21(20-14(3)4,12-18-11-16-10-17-18)15-8-6-5-7-9-15/h5-11,13-14H,12H2,1-4H3. The number of rotatable bonds is 7. The average molecular weight is 305 g/mol. The van der Waals surface area contributed by atoms with Gasteiger partial charge in [0.15, 0.2) is 0 Å². The van der Waals surface area contributed by atoms with Crippen molar-refractivity contribution >= 4 is 13.7 Å². The van der Waals surface area contributed by atoms with Gasteiger partial charge in [0.1, 0.15) is 12.7 Å². The van der Waals surface area contributed by atoms with Gasteiger partial charge in [-0.15, -0.1) is 0 Å². The molecule has 0 atom stereocenters. The Bertz CT molecular complexity index is 519. The molecule has 1 heterocycles. The summed E-state index contributed by atoms with van der Waals surface area (Å²) in [5.74, 6) is 0. The highest BCUT2D eigenvalue weighted by Crippen LogP contribution is 2.16. The van der Waals surface area contributed by atoms with E-state index in [1.165, 1.54) is 6.33 Å². The van der Waals surface area contributed by atoms with Gasteiger partial charge in [0.2, 0.25) is 0 Å². The van der Waals surface area contributed by atoms with Crippen molar-refractivity contribution in [2.24, 2.45) is 0 Å². The highest BCUT2D eigenvalue weighted by molar-refractivity contribution is 6.80. The Kier molecular flexibility index (Phi) is 5.27. The first-order valence-electron chi connectivity index (χ1n) is 7.25. The molecule has 2 aromatic rings. The van der Waals surface area contributed by atoms with Gasteiger partial charge in [-0.3, -0.25) is 4.68 Å². The molecule has 0 aliphatic carbocycles. The van der Waals surface area contributed by atoms with Crippen LogP contribution in [-0.4, -0.2) is 35.5 Å². The van der Waals surface area contributed by atoms with Crippen LogP contribution in [0.5, 0.6) is 0 Å². The fourth-order valence-corrected chi connectivity index (χ4v) is 5.78. The highest BCUT2D eigenvalue weighted by atomic mass is 28.4. The Morgan fingerprint density at radius 3 is 2.14 bits per heavy atom. The molecular weight excluding hydrogens is 282 g/mol. The number of hydrogen-bond donors (Lipinski definition) is 0. The maximum atomic E-state index is 6.34. The van der Waals surface area contributed by atoms with Crippen molar-refractivity contribution in [3.8, 4) is 0 Å². The second-order valence-corrected chi connectivity index (χ2v) is 8.42. The van der Waals surface area contributed by atoms with Crippen molar-refractivity contribution < 1.29 is 8.85 Å². The zero-order chi connectivity index (χ0) is 15.3. The number of aromatic nitrogens is 3. The molecule has 1 aromatic heterocycles. The molecule has 6 heteroatoms. The zero-order valence-corrected chi connectivity index (χ0v) is 14.1. The fourth-order valence-electron chi connectivity index (χ4n) is 2.31. The lowest BCUT2D eigenvalue weighted by molar-refractivity contribution is 0.109. The summed E-state index contributed by atoms with van der Waals surface area (Å²) in [4.78, 5) is 4.02. The lowest BCUT2D eigenvalue weighted by Crippen LogP contribution is -2.59. The number of hydrogen-bond acceptors (Lipinski definition) is 4. The maximum absolute atomic E-state index is 6.34. The monoisotopic (exact) mass is 305 g/mol. The lowest BCUT2D eigenvalue weighted by atomic mass is 10.4. The van der Waals surface area contributed by atoms with Crippen LogP contribution in [-0.2, 0) is 15.0 Å². The fraction of sp³-hybridized carbons (Fsp3) is 0.467. The minimum Gasteiger partial charge on any atom is -0.387 e. The van der Waals surface area contributed by atoms with E-state index in [4.69, 9.17) is 8.85 Å². The molecule has 0 amide bonds. The molecule has 0 aliphatic rings. The molecule has 0 spiro atoms. The van der Waals surface area contributed by atoms with Crippen LogP contribution in [0.1, 0.15) is 27.7 Å². The zero-order valence-electron chi connectivity index (χ0n) is 13.1. The molecule has 0 aliphatic heterocycles. The van der Waals surface area contributed by atoms with Crippen molar-refractivity contribution in [1.82, 2.24) is 14.8 Å². The third-order valence-electron chi connectivity index (χ3n) is 2.90. The molecule has 21 heavy (non-hydrogen) atoms. The van der Waals surface area contributed by atoms with E-state index in [9.17, 15) is 0 Å². The molecule has 0 radical (unpaired) electrons. The van der Waals surface area contributed by atoms with Crippen LogP contribution in [0.15, 0.2) is 43.0 Å². The molecule has 0 N–H and O–H groups in total. The van der Waals surface area contributed by atoms with Crippen LogP contribution in [0.3, 0.4) is 0 Å². The second kappa shape index (κ2) is 6.97. The molecule has 5 nitrogen and oxygen atoms in total. The van der Waals surface area contributed by atoms with Crippen LogP contribution >= 0.6 is 0 Å². The van der Waals surface area contributed by atoms with Gasteiger partial charge in [-0.2, -0.15) is 5.10 Å². The van der Waals surface area contributed by atoms with Crippen LogP contribution in [0.25, 0.3) is 0 Å². The van der Waals surface area contributed by atoms with Gasteiger partial charge in [0.25, 0.3) is 0 Å². The largest absolute Gasteiger partial charge is 0.395 e. The summed E-state index contributed by atoms with van der Waals surface area (Å²) in [6.45, 7) is 8.15. The highest BCUT2D eigenvalue weighted by Gasteiger charge is 2.43. The number of nitrogens with zero attached hydrogens (tertiary/aromatic N) is 3.